The number of ether oxygens (including phenoxy) is 1. The van der Waals surface area contributed by atoms with Gasteiger partial charge in [0.2, 0.25) is 0 Å². The summed E-state index contributed by atoms with van der Waals surface area (Å²) in [5.74, 6) is 0. The van der Waals surface area contributed by atoms with Crippen molar-refractivity contribution in [3.05, 3.63) is 75.8 Å². The van der Waals surface area contributed by atoms with Crippen molar-refractivity contribution >= 4 is 5.69 Å². The third-order valence-corrected chi connectivity index (χ3v) is 3.26. The van der Waals surface area contributed by atoms with Crippen molar-refractivity contribution in [3.8, 4) is 0 Å². The smallest absolute Gasteiger partial charge is 0.273 e. The van der Waals surface area contributed by atoms with Gasteiger partial charge in [0.05, 0.1) is 17.6 Å². The van der Waals surface area contributed by atoms with Crippen molar-refractivity contribution in [1.82, 2.24) is 5.32 Å². The number of nitro benzene ring substituents is 1. The van der Waals surface area contributed by atoms with Crippen molar-refractivity contribution in [3.63, 3.8) is 0 Å². The van der Waals surface area contributed by atoms with Gasteiger partial charge in [-0.3, -0.25) is 10.1 Å². The van der Waals surface area contributed by atoms with Crippen LogP contribution in [0, 0.1) is 10.1 Å². The van der Waals surface area contributed by atoms with Gasteiger partial charge in [-0.2, -0.15) is 0 Å². The zero-order valence-corrected chi connectivity index (χ0v) is 11.9. The van der Waals surface area contributed by atoms with Gasteiger partial charge in [-0.25, -0.2) is 0 Å². The maximum Gasteiger partial charge on any atom is 0.273 e. The van der Waals surface area contributed by atoms with Gasteiger partial charge in [-0.15, -0.1) is 0 Å². The average Bonchev–Trinajstić information content (AvgIpc) is 2.52. The molecule has 0 aliphatic carbocycles. The molecule has 0 saturated heterocycles. The fourth-order valence-corrected chi connectivity index (χ4v) is 2.20. The summed E-state index contributed by atoms with van der Waals surface area (Å²) in [4.78, 5) is 10.7. The van der Waals surface area contributed by atoms with Gasteiger partial charge >= 0.3 is 0 Å². The van der Waals surface area contributed by atoms with E-state index in [2.05, 4.69) is 5.32 Å². The minimum absolute atomic E-state index is 0.00369. The highest BCUT2D eigenvalue weighted by Gasteiger charge is 2.15. The summed E-state index contributed by atoms with van der Waals surface area (Å²) in [6.07, 6.45) is 0. The Labute approximate surface area is 123 Å². The van der Waals surface area contributed by atoms with Crippen LogP contribution in [-0.2, 0) is 11.3 Å². The van der Waals surface area contributed by atoms with Crippen molar-refractivity contribution in [2.75, 3.05) is 13.7 Å². The first-order valence-electron chi connectivity index (χ1n) is 6.72. The lowest BCUT2D eigenvalue weighted by molar-refractivity contribution is -0.385. The van der Waals surface area contributed by atoms with Gasteiger partial charge in [-0.1, -0.05) is 48.5 Å². The minimum atomic E-state index is -0.356. The first kappa shape index (κ1) is 15.2. The Bertz CT molecular complexity index is 587. The lowest BCUT2D eigenvalue weighted by Crippen LogP contribution is -2.25. The number of nitrogens with zero attached hydrogens (tertiary/aromatic N) is 1. The van der Waals surface area contributed by atoms with E-state index in [-0.39, 0.29) is 16.7 Å². The highest BCUT2D eigenvalue weighted by atomic mass is 16.6. The molecule has 2 aromatic rings. The van der Waals surface area contributed by atoms with E-state index >= 15 is 0 Å². The molecule has 0 radical (unpaired) electrons. The predicted octanol–water partition coefficient (Wildman–Crippen LogP) is 3.07. The molecule has 2 aromatic carbocycles. The fraction of sp³-hybridized carbons (Fsp3) is 0.250. The lowest BCUT2D eigenvalue weighted by atomic mass is 10.1. The summed E-state index contributed by atoms with van der Waals surface area (Å²) in [7, 11) is 1.64. The van der Waals surface area contributed by atoms with E-state index in [1.807, 2.05) is 30.3 Å². The maximum absolute atomic E-state index is 11.0. The van der Waals surface area contributed by atoms with Crippen LogP contribution in [0.15, 0.2) is 54.6 Å². The summed E-state index contributed by atoms with van der Waals surface area (Å²) in [6, 6.07) is 16.7. The Hall–Kier alpha value is -2.24. The van der Waals surface area contributed by atoms with Crippen LogP contribution in [0.25, 0.3) is 0 Å². The number of nitro groups is 1. The molecule has 2 rings (SSSR count). The molecule has 1 unspecified atom stereocenters. The van der Waals surface area contributed by atoms with Gasteiger partial charge in [0, 0.05) is 25.3 Å². The van der Waals surface area contributed by atoms with Crippen LogP contribution >= 0.6 is 0 Å². The molecule has 1 atom stereocenters. The first-order chi connectivity index (χ1) is 10.2. The van der Waals surface area contributed by atoms with Gasteiger partial charge < -0.3 is 10.1 Å². The molecule has 5 heteroatoms. The van der Waals surface area contributed by atoms with E-state index < -0.39 is 0 Å². The number of methoxy groups -OCH3 is 1. The van der Waals surface area contributed by atoms with Crippen molar-refractivity contribution in [2.45, 2.75) is 12.6 Å². The van der Waals surface area contributed by atoms with Crippen LogP contribution in [0.1, 0.15) is 17.2 Å². The molecule has 0 bridgehead atoms. The van der Waals surface area contributed by atoms with E-state index in [0.717, 1.165) is 5.56 Å². The number of hydrogen-bond donors (Lipinski definition) is 1. The summed E-state index contributed by atoms with van der Waals surface area (Å²) >= 11 is 0. The number of hydrogen-bond acceptors (Lipinski definition) is 4. The third-order valence-electron chi connectivity index (χ3n) is 3.26. The molecule has 21 heavy (non-hydrogen) atoms. The second kappa shape index (κ2) is 7.52. The minimum Gasteiger partial charge on any atom is -0.383 e. The van der Waals surface area contributed by atoms with Gasteiger partial charge in [0.25, 0.3) is 5.69 Å². The predicted molar refractivity (Wildman–Crippen MR) is 81.0 cm³/mol. The van der Waals surface area contributed by atoms with E-state index in [4.69, 9.17) is 4.74 Å². The largest absolute Gasteiger partial charge is 0.383 e. The Morgan fingerprint density at radius 2 is 1.81 bits per heavy atom. The Balaban J connectivity index is 2.11. The molecule has 0 saturated carbocycles. The average molecular weight is 286 g/mol. The Kier molecular flexibility index (Phi) is 5.43. The monoisotopic (exact) mass is 286 g/mol. The van der Waals surface area contributed by atoms with Crippen LogP contribution in [0.2, 0.25) is 0 Å². The molecule has 0 aliphatic heterocycles. The molecule has 0 aromatic heterocycles. The van der Waals surface area contributed by atoms with E-state index in [0.29, 0.717) is 18.7 Å². The van der Waals surface area contributed by atoms with Crippen molar-refractivity contribution < 1.29 is 9.66 Å². The van der Waals surface area contributed by atoms with E-state index in [1.54, 1.807) is 25.3 Å². The van der Waals surface area contributed by atoms with Gasteiger partial charge in [-0.05, 0) is 5.56 Å². The van der Waals surface area contributed by atoms with Crippen LogP contribution in [0.5, 0.6) is 0 Å². The second-order valence-corrected chi connectivity index (χ2v) is 4.69. The maximum atomic E-state index is 11.0. The summed E-state index contributed by atoms with van der Waals surface area (Å²) < 4.78 is 5.23. The van der Waals surface area contributed by atoms with Crippen molar-refractivity contribution in [2.24, 2.45) is 0 Å². The molecule has 0 aliphatic rings. The molecule has 110 valence electrons. The van der Waals surface area contributed by atoms with Gasteiger partial charge in [0.15, 0.2) is 0 Å². The number of para-hydroxylation sites is 1. The molecule has 5 nitrogen and oxygen atoms in total. The normalized spacial score (nSPS) is 12.0. The number of nitrogens with one attached hydrogen (secondary N) is 1. The SMILES string of the molecule is COCC(NCc1ccccc1[N+](=O)[O-])c1ccccc1. The molecule has 0 heterocycles. The molecular formula is C16H18N2O3. The third kappa shape index (κ3) is 4.11. The highest BCUT2D eigenvalue weighted by molar-refractivity contribution is 5.39. The van der Waals surface area contributed by atoms with E-state index in [9.17, 15) is 10.1 Å². The van der Waals surface area contributed by atoms with Crippen LogP contribution < -0.4 is 5.32 Å². The van der Waals surface area contributed by atoms with E-state index in [1.165, 1.54) is 6.07 Å². The second-order valence-electron chi connectivity index (χ2n) is 4.69. The highest BCUT2D eigenvalue weighted by Crippen LogP contribution is 2.19. The summed E-state index contributed by atoms with van der Waals surface area (Å²) in [6.45, 7) is 0.921. The Morgan fingerprint density at radius 1 is 1.14 bits per heavy atom. The van der Waals surface area contributed by atoms with Crippen LogP contribution in [0.3, 0.4) is 0 Å². The van der Waals surface area contributed by atoms with Crippen molar-refractivity contribution in [1.29, 1.82) is 0 Å². The number of rotatable bonds is 7. The first-order valence-corrected chi connectivity index (χ1v) is 6.72. The van der Waals surface area contributed by atoms with Crippen LogP contribution in [0.4, 0.5) is 5.69 Å². The topological polar surface area (TPSA) is 64.4 Å². The number of benzene rings is 2. The molecule has 0 amide bonds. The lowest BCUT2D eigenvalue weighted by Gasteiger charge is -2.18. The Morgan fingerprint density at radius 3 is 2.48 bits per heavy atom. The summed E-state index contributed by atoms with van der Waals surface area (Å²) in [5.41, 5.74) is 1.90. The molecular weight excluding hydrogens is 268 g/mol. The quantitative estimate of drug-likeness (QED) is 0.627. The molecule has 0 spiro atoms. The zero-order valence-electron chi connectivity index (χ0n) is 11.9. The fourth-order valence-electron chi connectivity index (χ4n) is 2.20. The summed E-state index contributed by atoms with van der Waals surface area (Å²) in [5, 5.41) is 14.3. The molecule has 1 N–H and O–H groups in total. The van der Waals surface area contributed by atoms with Gasteiger partial charge in [0.1, 0.15) is 0 Å². The standard InChI is InChI=1S/C16H18N2O3/c1-21-12-15(13-7-3-2-4-8-13)17-11-14-9-5-6-10-16(14)18(19)20/h2-10,15,17H,11-12H2,1H3. The zero-order chi connectivity index (χ0) is 15.1. The molecule has 0 fully saturated rings. The van der Waals surface area contributed by atoms with Crippen LogP contribution in [-0.4, -0.2) is 18.6 Å².